The van der Waals surface area contributed by atoms with Crippen LogP contribution in [0.3, 0.4) is 0 Å². The Morgan fingerprint density at radius 1 is 1.33 bits per heavy atom. The van der Waals surface area contributed by atoms with Gasteiger partial charge >= 0.3 is 0 Å². The minimum Gasteiger partial charge on any atom is -0.310 e. The molecule has 0 radical (unpaired) electrons. The number of unbranched alkanes of at least 4 members (excludes halogenated alkanes) is 1. The lowest BCUT2D eigenvalue weighted by molar-refractivity contribution is 0.377. The molecule has 0 bridgehead atoms. The first kappa shape index (κ1) is 16.2. The quantitative estimate of drug-likeness (QED) is 0.411. The van der Waals surface area contributed by atoms with Crippen molar-refractivity contribution in [1.29, 1.82) is 0 Å². The summed E-state index contributed by atoms with van der Waals surface area (Å²) in [6.45, 7) is 7.71. The Bertz CT molecular complexity index is 351. The van der Waals surface area contributed by atoms with Crippen LogP contribution in [0.4, 0.5) is 0 Å². The first-order chi connectivity index (χ1) is 8.51. The molecule has 1 atom stereocenters. The van der Waals surface area contributed by atoms with E-state index in [-0.39, 0.29) is 5.54 Å². The molecule has 1 rings (SSSR count). The monoisotopic (exact) mass is 303 g/mol. The summed E-state index contributed by atoms with van der Waals surface area (Å²) >= 11 is 10.4. The zero-order valence-electron chi connectivity index (χ0n) is 11.2. The van der Waals surface area contributed by atoms with Crippen molar-refractivity contribution in [2.45, 2.75) is 44.4 Å². The van der Waals surface area contributed by atoms with Gasteiger partial charge in [-0.15, -0.1) is 11.7 Å². The highest BCUT2D eigenvalue weighted by Gasteiger charge is 2.29. The Balaban J connectivity index is 2.77. The molecule has 1 nitrogen and oxygen atoms in total. The Morgan fingerprint density at radius 2 is 1.94 bits per heavy atom. The van der Waals surface area contributed by atoms with E-state index >= 15 is 0 Å². The van der Waals surface area contributed by atoms with Gasteiger partial charge in [0, 0.05) is 10.6 Å². The first-order valence-corrected chi connectivity index (χ1v) is 8.63. The van der Waals surface area contributed by atoms with Crippen LogP contribution in [0, 0.1) is 0 Å². The normalized spacial score (nSPS) is 13.6. The number of nitrogens with one attached hydrogen (secondary N) is 1. The van der Waals surface area contributed by atoms with Crippen LogP contribution in [0.2, 0.25) is 5.02 Å². The fraction of sp³-hybridized carbons (Fsp3) is 0.571. The first-order valence-electron chi connectivity index (χ1n) is 6.32. The predicted octanol–water partition coefficient (Wildman–Crippen LogP) is 5.13. The summed E-state index contributed by atoms with van der Waals surface area (Å²) in [6, 6.07) is 8.05. The lowest BCUT2D eigenvalue weighted by Crippen LogP contribution is -2.43. The van der Waals surface area contributed by atoms with Gasteiger partial charge in [-0.25, -0.2) is 0 Å². The van der Waals surface area contributed by atoms with Crippen molar-refractivity contribution >= 4 is 34.1 Å². The van der Waals surface area contributed by atoms with Gasteiger partial charge in [-0.2, -0.15) is 0 Å². The highest BCUT2D eigenvalue weighted by Crippen LogP contribution is 2.40. The standard InChI is InChI=1S/C14H22ClNS2/c1-4-5-10-16-14(2,3)13(18-17)11-6-8-12(15)9-7-11/h6-9,13,16-17H,4-5,10H2,1-3H3/t13-/m1/s1. The number of benzene rings is 1. The minimum atomic E-state index is 0.00934. The SMILES string of the molecule is CCCCNC(C)(C)[C@H](SS)c1ccc(Cl)cc1. The van der Waals surface area contributed by atoms with E-state index in [2.05, 4.69) is 49.9 Å². The van der Waals surface area contributed by atoms with E-state index in [0.29, 0.717) is 5.25 Å². The molecule has 1 aromatic rings. The van der Waals surface area contributed by atoms with Gasteiger partial charge in [0.2, 0.25) is 0 Å². The molecule has 0 amide bonds. The predicted molar refractivity (Wildman–Crippen MR) is 87.8 cm³/mol. The van der Waals surface area contributed by atoms with Crippen LogP contribution in [0.15, 0.2) is 24.3 Å². The Kier molecular flexibility index (Phi) is 6.93. The molecule has 0 aliphatic heterocycles. The van der Waals surface area contributed by atoms with Crippen molar-refractivity contribution in [2.24, 2.45) is 0 Å². The number of hydrogen-bond donors (Lipinski definition) is 2. The van der Waals surface area contributed by atoms with Gasteiger partial charge in [0.25, 0.3) is 0 Å². The second-order valence-electron chi connectivity index (χ2n) is 5.04. The molecular weight excluding hydrogens is 282 g/mol. The van der Waals surface area contributed by atoms with Gasteiger partial charge < -0.3 is 5.32 Å². The Morgan fingerprint density at radius 3 is 2.44 bits per heavy atom. The maximum atomic E-state index is 5.93. The van der Waals surface area contributed by atoms with Gasteiger partial charge in [0.05, 0.1) is 5.25 Å². The molecule has 1 aromatic carbocycles. The summed E-state index contributed by atoms with van der Waals surface area (Å²) in [7, 11) is 1.58. The summed E-state index contributed by atoms with van der Waals surface area (Å²) in [4.78, 5) is 0. The smallest absolute Gasteiger partial charge is 0.0574 e. The molecule has 0 saturated heterocycles. The highest BCUT2D eigenvalue weighted by atomic mass is 35.5. The number of hydrogen-bond acceptors (Lipinski definition) is 3. The summed E-state index contributed by atoms with van der Waals surface area (Å²) in [6.07, 6.45) is 2.41. The van der Waals surface area contributed by atoms with Crippen LogP contribution in [0.5, 0.6) is 0 Å². The molecule has 0 aliphatic rings. The van der Waals surface area contributed by atoms with Gasteiger partial charge in [-0.05, 0) is 44.5 Å². The van der Waals surface area contributed by atoms with Crippen molar-refractivity contribution in [3.05, 3.63) is 34.9 Å². The van der Waals surface area contributed by atoms with Gasteiger partial charge in [-0.1, -0.05) is 47.9 Å². The van der Waals surface area contributed by atoms with E-state index in [0.717, 1.165) is 11.6 Å². The molecule has 0 aliphatic carbocycles. The molecule has 0 heterocycles. The zero-order valence-corrected chi connectivity index (χ0v) is 13.7. The second-order valence-corrected chi connectivity index (χ2v) is 6.79. The average molecular weight is 304 g/mol. The van der Waals surface area contributed by atoms with Gasteiger partial charge in [-0.3, -0.25) is 0 Å². The number of thiol groups is 1. The average Bonchev–Trinajstić information content (AvgIpc) is 2.32. The second kappa shape index (κ2) is 7.68. The maximum absolute atomic E-state index is 5.93. The lowest BCUT2D eigenvalue weighted by atomic mass is 9.94. The van der Waals surface area contributed by atoms with E-state index in [4.69, 9.17) is 11.6 Å². The summed E-state index contributed by atoms with van der Waals surface area (Å²) in [5, 5.41) is 4.70. The third-order valence-electron chi connectivity index (χ3n) is 3.04. The maximum Gasteiger partial charge on any atom is 0.0574 e. The van der Waals surface area contributed by atoms with Crippen molar-refractivity contribution in [2.75, 3.05) is 6.54 Å². The van der Waals surface area contributed by atoms with Crippen molar-refractivity contribution in [1.82, 2.24) is 5.32 Å². The molecule has 0 spiro atoms. The highest BCUT2D eigenvalue weighted by molar-refractivity contribution is 8.68. The van der Waals surface area contributed by atoms with Crippen LogP contribution >= 0.6 is 34.1 Å². The van der Waals surface area contributed by atoms with E-state index in [1.165, 1.54) is 18.4 Å². The van der Waals surface area contributed by atoms with Crippen LogP contribution < -0.4 is 5.32 Å². The molecule has 18 heavy (non-hydrogen) atoms. The van der Waals surface area contributed by atoms with Crippen molar-refractivity contribution in [3.63, 3.8) is 0 Å². The molecule has 102 valence electrons. The van der Waals surface area contributed by atoms with E-state index in [1.54, 1.807) is 10.8 Å². The number of rotatable bonds is 7. The molecule has 0 fully saturated rings. The summed E-state index contributed by atoms with van der Waals surface area (Å²) < 4.78 is 0. The third-order valence-corrected chi connectivity index (χ3v) is 5.00. The van der Waals surface area contributed by atoms with Crippen LogP contribution in [-0.2, 0) is 0 Å². The molecule has 0 saturated carbocycles. The van der Waals surface area contributed by atoms with E-state index < -0.39 is 0 Å². The van der Waals surface area contributed by atoms with Crippen molar-refractivity contribution < 1.29 is 0 Å². The fourth-order valence-electron chi connectivity index (χ4n) is 1.93. The van der Waals surface area contributed by atoms with Gasteiger partial charge in [0.1, 0.15) is 0 Å². The summed E-state index contributed by atoms with van der Waals surface area (Å²) in [5.41, 5.74) is 1.27. The fourth-order valence-corrected chi connectivity index (χ4v) is 3.83. The molecule has 4 heteroatoms. The van der Waals surface area contributed by atoms with Crippen LogP contribution in [-0.4, -0.2) is 12.1 Å². The topological polar surface area (TPSA) is 12.0 Å². The van der Waals surface area contributed by atoms with E-state index in [9.17, 15) is 0 Å². The zero-order chi connectivity index (χ0) is 13.6. The molecular formula is C14H22ClNS2. The Hall–Kier alpha value is 0.170. The van der Waals surface area contributed by atoms with Crippen LogP contribution in [0.25, 0.3) is 0 Å². The Labute approximate surface area is 125 Å². The lowest BCUT2D eigenvalue weighted by Gasteiger charge is -2.34. The van der Waals surface area contributed by atoms with E-state index in [1.807, 2.05) is 12.1 Å². The van der Waals surface area contributed by atoms with Crippen molar-refractivity contribution in [3.8, 4) is 0 Å². The molecule has 0 unspecified atom stereocenters. The summed E-state index contributed by atoms with van der Waals surface area (Å²) in [5.74, 6) is 0. The molecule has 0 aromatic heterocycles. The third kappa shape index (κ3) is 4.69. The van der Waals surface area contributed by atoms with Crippen LogP contribution in [0.1, 0.15) is 44.4 Å². The number of halogens is 1. The molecule has 1 N–H and O–H groups in total. The minimum absolute atomic E-state index is 0.00934. The largest absolute Gasteiger partial charge is 0.310 e. The van der Waals surface area contributed by atoms with Gasteiger partial charge in [0.15, 0.2) is 0 Å².